The molecule has 0 aliphatic carbocycles. The number of thioether (sulfide) groups is 1. The molecule has 0 radical (unpaired) electrons. The Kier molecular flexibility index (Phi) is 5.77. The van der Waals surface area contributed by atoms with Gasteiger partial charge in [0.2, 0.25) is 0 Å². The highest BCUT2D eigenvalue weighted by Gasteiger charge is 2.28. The number of rotatable bonds is 7. The third-order valence-electron chi connectivity index (χ3n) is 3.21. The first-order chi connectivity index (χ1) is 10.8. The fourth-order valence-electron chi connectivity index (χ4n) is 1.98. The molecule has 1 aliphatic rings. The van der Waals surface area contributed by atoms with Crippen LogP contribution in [0.3, 0.4) is 0 Å². The van der Waals surface area contributed by atoms with E-state index >= 15 is 0 Å². The van der Waals surface area contributed by atoms with Gasteiger partial charge in [0, 0.05) is 5.75 Å². The van der Waals surface area contributed by atoms with Gasteiger partial charge in [-0.25, -0.2) is 8.42 Å². The van der Waals surface area contributed by atoms with Crippen LogP contribution in [0.25, 0.3) is 0 Å². The van der Waals surface area contributed by atoms with E-state index < -0.39 is 10.0 Å². The Bertz CT molecular complexity index is 720. The molecule has 0 spiro atoms. The summed E-state index contributed by atoms with van der Waals surface area (Å²) < 4.78 is 31.2. The topological polar surface area (TPSA) is 101 Å². The van der Waals surface area contributed by atoms with Crippen LogP contribution < -0.4 is 10.5 Å². The zero-order valence-electron chi connectivity index (χ0n) is 13.5. The van der Waals surface area contributed by atoms with Gasteiger partial charge in [-0.1, -0.05) is 0 Å². The maximum absolute atomic E-state index is 11.6. The maximum Gasteiger partial charge on any atom is 0.261 e. The first-order valence-electron chi connectivity index (χ1n) is 7.13. The number of amidine groups is 1. The fraction of sp³-hybridized carbons (Fsp3) is 0.500. The molecular weight excluding hydrogens is 336 g/mol. The zero-order chi connectivity index (χ0) is 17.0. The van der Waals surface area contributed by atoms with Crippen molar-refractivity contribution in [2.45, 2.75) is 19.2 Å². The van der Waals surface area contributed by atoms with Crippen molar-refractivity contribution in [2.75, 3.05) is 26.4 Å². The predicted molar refractivity (Wildman–Crippen MR) is 93.5 cm³/mol. The lowest BCUT2D eigenvalue weighted by Crippen LogP contribution is -2.25. The zero-order valence-corrected chi connectivity index (χ0v) is 15.1. The Labute approximate surface area is 141 Å². The van der Waals surface area contributed by atoms with Gasteiger partial charge >= 0.3 is 0 Å². The molecule has 1 aromatic rings. The quantitative estimate of drug-likeness (QED) is 0.708. The molecule has 0 amide bonds. The maximum atomic E-state index is 11.6. The fourth-order valence-corrected chi connectivity index (χ4v) is 3.67. The van der Waals surface area contributed by atoms with E-state index in [1.54, 1.807) is 11.8 Å². The van der Waals surface area contributed by atoms with Crippen LogP contribution in [0.15, 0.2) is 32.1 Å². The molecule has 2 heterocycles. The van der Waals surface area contributed by atoms with Crippen LogP contribution in [0.1, 0.15) is 18.4 Å². The number of hydrogen-bond donors (Lipinski definition) is 2. The highest BCUT2D eigenvalue weighted by Crippen LogP contribution is 2.17. The minimum Gasteiger partial charge on any atom is -0.464 e. The van der Waals surface area contributed by atoms with Gasteiger partial charge in [0.25, 0.3) is 10.0 Å². The van der Waals surface area contributed by atoms with Gasteiger partial charge in [0.1, 0.15) is 11.5 Å². The van der Waals surface area contributed by atoms with Crippen molar-refractivity contribution in [1.82, 2.24) is 9.62 Å². The molecule has 128 valence electrons. The van der Waals surface area contributed by atoms with E-state index in [0.717, 1.165) is 29.6 Å². The lowest BCUT2D eigenvalue weighted by Gasteiger charge is -2.05. The summed E-state index contributed by atoms with van der Waals surface area (Å²) in [5.74, 6) is 3.63. The molecule has 1 aromatic heterocycles. The van der Waals surface area contributed by atoms with E-state index in [2.05, 4.69) is 14.6 Å². The van der Waals surface area contributed by atoms with Gasteiger partial charge in [-0.3, -0.25) is 9.71 Å². The van der Waals surface area contributed by atoms with Crippen molar-refractivity contribution in [1.29, 1.82) is 0 Å². The van der Waals surface area contributed by atoms with Crippen molar-refractivity contribution in [3.63, 3.8) is 0 Å². The average molecular weight is 358 g/mol. The molecule has 0 aromatic carbocycles. The molecule has 9 heteroatoms. The van der Waals surface area contributed by atoms with Crippen LogP contribution in [0.5, 0.6) is 0 Å². The number of hydrogen-bond acceptors (Lipinski definition) is 7. The van der Waals surface area contributed by atoms with Gasteiger partial charge in [-0.05, 0) is 33.2 Å². The lowest BCUT2D eigenvalue weighted by molar-refractivity contribution is 0.344. The Hall–Kier alpha value is -1.45. The Balaban J connectivity index is 1.76. The lowest BCUT2D eigenvalue weighted by atomic mass is 10.4. The summed E-state index contributed by atoms with van der Waals surface area (Å²) in [5, 5.41) is 0. The summed E-state index contributed by atoms with van der Waals surface area (Å²) in [6.07, 6.45) is 0. The van der Waals surface area contributed by atoms with Crippen LogP contribution in [0, 0.1) is 0 Å². The number of nitrogens with two attached hydrogens (primary N) is 1. The Morgan fingerprint density at radius 1 is 1.35 bits per heavy atom. The molecule has 0 unspecified atom stereocenters. The molecule has 3 N–H and O–H groups in total. The molecule has 0 fully saturated rings. The first-order valence-corrected chi connectivity index (χ1v) is 9.77. The van der Waals surface area contributed by atoms with E-state index in [0.29, 0.717) is 6.54 Å². The second-order valence-electron chi connectivity index (χ2n) is 5.46. The smallest absolute Gasteiger partial charge is 0.261 e. The summed E-state index contributed by atoms with van der Waals surface area (Å²) >= 11 is 1.68. The van der Waals surface area contributed by atoms with Crippen LogP contribution in [0.2, 0.25) is 0 Å². The molecular formula is C14H22N4O3S2. The first kappa shape index (κ1) is 17.9. The summed E-state index contributed by atoms with van der Waals surface area (Å²) in [7, 11) is 0.522. The van der Waals surface area contributed by atoms with Gasteiger partial charge < -0.3 is 15.1 Å². The van der Waals surface area contributed by atoms with Gasteiger partial charge in [0.15, 0.2) is 5.84 Å². The molecule has 2 rings (SSSR count). The Morgan fingerprint density at radius 3 is 2.65 bits per heavy atom. The van der Waals surface area contributed by atoms with Crippen LogP contribution in [-0.2, 0) is 22.3 Å². The van der Waals surface area contributed by atoms with E-state index in [-0.39, 0.29) is 16.4 Å². The second kappa shape index (κ2) is 7.41. The van der Waals surface area contributed by atoms with E-state index in [9.17, 15) is 8.42 Å². The van der Waals surface area contributed by atoms with Crippen LogP contribution in [0.4, 0.5) is 0 Å². The van der Waals surface area contributed by atoms with E-state index in [1.165, 1.54) is 6.92 Å². The number of furan rings is 1. The highest BCUT2D eigenvalue weighted by molar-refractivity contribution is 7.98. The number of nitrogens with one attached hydrogen (secondary N) is 1. The largest absolute Gasteiger partial charge is 0.464 e. The average Bonchev–Trinajstić information content (AvgIpc) is 2.97. The van der Waals surface area contributed by atoms with Crippen LogP contribution >= 0.6 is 11.8 Å². The number of aliphatic imine (C=N–C) groups is 1. The highest BCUT2D eigenvalue weighted by atomic mass is 32.2. The molecule has 23 heavy (non-hydrogen) atoms. The monoisotopic (exact) mass is 358 g/mol. The number of sulfonamides is 1. The van der Waals surface area contributed by atoms with Crippen molar-refractivity contribution < 1.29 is 12.8 Å². The number of allylic oxidation sites excluding steroid dienone is 1. The summed E-state index contributed by atoms with van der Waals surface area (Å²) in [6.45, 7) is 2.74. The molecule has 0 bridgehead atoms. The van der Waals surface area contributed by atoms with Crippen molar-refractivity contribution >= 4 is 27.6 Å². The van der Waals surface area contributed by atoms with Crippen molar-refractivity contribution in [2.24, 2.45) is 10.7 Å². The summed E-state index contributed by atoms with van der Waals surface area (Å²) in [6, 6.07) is 3.96. The molecule has 0 saturated carbocycles. The van der Waals surface area contributed by atoms with E-state index in [4.69, 9.17) is 10.2 Å². The third-order valence-corrected chi connectivity index (χ3v) is 5.66. The molecule has 1 aliphatic heterocycles. The summed E-state index contributed by atoms with van der Waals surface area (Å²) in [4.78, 5) is 6.39. The SMILES string of the molecule is CC1=C(N)C(=NCCSCc2ccc(CN(C)C)o2)NS1(=O)=O. The third kappa shape index (κ3) is 4.76. The minimum atomic E-state index is -3.47. The van der Waals surface area contributed by atoms with E-state index in [1.807, 2.05) is 26.2 Å². The predicted octanol–water partition coefficient (Wildman–Crippen LogP) is 1.10. The van der Waals surface area contributed by atoms with Gasteiger partial charge in [-0.15, -0.1) is 0 Å². The number of nitrogens with zero attached hydrogens (tertiary/aromatic N) is 2. The molecule has 0 saturated heterocycles. The van der Waals surface area contributed by atoms with Crippen molar-refractivity contribution in [3.8, 4) is 0 Å². The minimum absolute atomic E-state index is 0.132. The van der Waals surface area contributed by atoms with Crippen molar-refractivity contribution in [3.05, 3.63) is 34.3 Å². The van der Waals surface area contributed by atoms with Crippen LogP contribution in [-0.4, -0.2) is 45.5 Å². The second-order valence-corrected chi connectivity index (χ2v) is 8.39. The standard InChI is InChI=1S/C14H22N4O3S2/c1-10-13(15)14(17-23(10,19)20)16-6-7-22-9-12-5-4-11(21-12)8-18(2)3/h4-5H,6-9,15H2,1-3H3,(H,16,17). The molecule has 7 nitrogen and oxygen atoms in total. The van der Waals surface area contributed by atoms with Gasteiger partial charge in [0.05, 0.1) is 29.4 Å². The normalized spacial score (nSPS) is 18.9. The van der Waals surface area contributed by atoms with Gasteiger partial charge in [-0.2, -0.15) is 11.8 Å². The Morgan fingerprint density at radius 2 is 2.04 bits per heavy atom. The summed E-state index contributed by atoms with van der Waals surface area (Å²) in [5.41, 5.74) is 5.93. The molecule has 0 atom stereocenters.